The first-order valence-corrected chi connectivity index (χ1v) is 10.3. The average Bonchev–Trinajstić information content (AvgIpc) is 2.77. The number of hydrogen-bond acceptors (Lipinski definition) is 12. The Bertz CT molecular complexity index is 987. The summed E-state index contributed by atoms with van der Waals surface area (Å²) in [4.78, 5) is 48.2. The number of benzene rings is 1. The molecule has 0 aromatic heterocycles. The standard InChI is InChI=1S/C22H26O12/c1-9(23)30-8-14-17(31-10(2)24)20(32-11(3)25)21-19(33-14)15-12(22(26)34-21)7-13(27-4)16(28-5)18(15)29-6/h7,14,17,19-21H,8H2,1-6H3/t14-,17-,19+,20+,21-/m1/s1. The third-order valence-electron chi connectivity index (χ3n) is 5.30. The van der Waals surface area contributed by atoms with Gasteiger partial charge < -0.3 is 37.9 Å². The molecule has 12 nitrogen and oxygen atoms in total. The van der Waals surface area contributed by atoms with Crippen LogP contribution in [0.25, 0.3) is 0 Å². The van der Waals surface area contributed by atoms with E-state index in [4.69, 9.17) is 37.9 Å². The van der Waals surface area contributed by atoms with E-state index in [0.29, 0.717) is 0 Å². The summed E-state index contributed by atoms with van der Waals surface area (Å²) in [6, 6.07) is 1.42. The number of fused-ring (bicyclic) bond motifs is 3. The Labute approximate surface area is 195 Å². The summed E-state index contributed by atoms with van der Waals surface area (Å²) in [5.74, 6) is -2.23. The highest BCUT2D eigenvalue weighted by Gasteiger charge is 2.56. The molecule has 34 heavy (non-hydrogen) atoms. The fourth-order valence-electron chi connectivity index (χ4n) is 4.09. The van der Waals surface area contributed by atoms with E-state index in [2.05, 4.69) is 0 Å². The van der Waals surface area contributed by atoms with E-state index in [9.17, 15) is 19.2 Å². The van der Waals surface area contributed by atoms with Crippen LogP contribution in [0.3, 0.4) is 0 Å². The topological polar surface area (TPSA) is 142 Å². The number of methoxy groups -OCH3 is 3. The van der Waals surface area contributed by atoms with Gasteiger partial charge in [0.15, 0.2) is 29.8 Å². The van der Waals surface area contributed by atoms with Gasteiger partial charge in [-0.05, 0) is 6.07 Å². The van der Waals surface area contributed by atoms with Gasteiger partial charge in [-0.1, -0.05) is 0 Å². The van der Waals surface area contributed by atoms with Gasteiger partial charge in [0.25, 0.3) is 0 Å². The number of carbonyl (C=O) groups excluding carboxylic acids is 4. The van der Waals surface area contributed by atoms with Crippen molar-refractivity contribution in [1.82, 2.24) is 0 Å². The van der Waals surface area contributed by atoms with Gasteiger partial charge in [0.05, 0.1) is 26.9 Å². The van der Waals surface area contributed by atoms with Crippen molar-refractivity contribution in [3.8, 4) is 17.2 Å². The molecule has 0 bridgehead atoms. The van der Waals surface area contributed by atoms with Crippen LogP contribution in [0.4, 0.5) is 0 Å². The SMILES string of the molecule is COc1cc2c(c(OC)c1OC)[C@@H]1O[C@H](COC(C)=O)[C@@H](OC(C)=O)[C@H](OC(C)=O)[C@@H]1OC2=O. The molecule has 2 aliphatic rings. The van der Waals surface area contributed by atoms with Gasteiger partial charge in [0, 0.05) is 26.3 Å². The van der Waals surface area contributed by atoms with Gasteiger partial charge >= 0.3 is 23.9 Å². The van der Waals surface area contributed by atoms with Crippen LogP contribution >= 0.6 is 0 Å². The minimum Gasteiger partial charge on any atom is -0.493 e. The van der Waals surface area contributed by atoms with E-state index in [1.165, 1.54) is 34.3 Å². The maximum absolute atomic E-state index is 13.0. The first-order valence-electron chi connectivity index (χ1n) is 10.3. The van der Waals surface area contributed by atoms with Gasteiger partial charge in [0.2, 0.25) is 5.75 Å². The lowest BCUT2D eigenvalue weighted by molar-refractivity contribution is -0.251. The molecule has 12 heteroatoms. The van der Waals surface area contributed by atoms with Gasteiger partial charge in [0.1, 0.15) is 18.8 Å². The minimum atomic E-state index is -1.27. The number of rotatable bonds is 7. The second-order valence-electron chi connectivity index (χ2n) is 7.52. The molecule has 0 aliphatic carbocycles. The molecule has 186 valence electrons. The van der Waals surface area contributed by atoms with E-state index in [1.54, 1.807) is 0 Å². The summed E-state index contributed by atoms with van der Waals surface area (Å²) in [6.45, 7) is 3.19. The van der Waals surface area contributed by atoms with Gasteiger partial charge in [-0.2, -0.15) is 0 Å². The van der Waals surface area contributed by atoms with Crippen molar-refractivity contribution in [2.24, 2.45) is 0 Å². The summed E-state index contributed by atoms with van der Waals surface area (Å²) in [5, 5.41) is 0. The Kier molecular flexibility index (Phi) is 7.50. The largest absolute Gasteiger partial charge is 0.493 e. The first kappa shape index (κ1) is 25.1. The molecule has 1 saturated heterocycles. The molecule has 0 amide bonds. The second kappa shape index (κ2) is 10.2. The molecule has 0 unspecified atom stereocenters. The minimum absolute atomic E-state index is 0.0782. The predicted octanol–water partition coefficient (Wildman–Crippen LogP) is 1.12. The highest BCUT2D eigenvalue weighted by molar-refractivity contribution is 5.95. The fourth-order valence-corrected chi connectivity index (χ4v) is 4.09. The average molecular weight is 482 g/mol. The van der Waals surface area contributed by atoms with Crippen molar-refractivity contribution in [3.63, 3.8) is 0 Å². The highest BCUT2D eigenvalue weighted by atomic mass is 16.7. The van der Waals surface area contributed by atoms with Gasteiger partial charge in [-0.25, -0.2) is 4.79 Å². The summed E-state index contributed by atoms with van der Waals surface area (Å²) in [5.41, 5.74) is 0.335. The molecule has 0 N–H and O–H groups in total. The number of ether oxygens (including phenoxy) is 8. The van der Waals surface area contributed by atoms with E-state index < -0.39 is 54.4 Å². The second-order valence-corrected chi connectivity index (χ2v) is 7.52. The molecule has 3 rings (SSSR count). The Morgan fingerprint density at radius 1 is 0.882 bits per heavy atom. The lowest BCUT2D eigenvalue weighted by Gasteiger charge is -2.46. The van der Waals surface area contributed by atoms with Crippen LogP contribution in [0.5, 0.6) is 17.2 Å². The maximum atomic E-state index is 13.0. The van der Waals surface area contributed by atoms with E-state index >= 15 is 0 Å². The Balaban J connectivity index is 2.19. The van der Waals surface area contributed by atoms with E-state index in [0.717, 1.165) is 13.8 Å². The van der Waals surface area contributed by atoms with E-state index in [1.807, 2.05) is 0 Å². The summed E-state index contributed by atoms with van der Waals surface area (Å²) in [7, 11) is 4.17. The van der Waals surface area contributed by atoms with Crippen molar-refractivity contribution in [1.29, 1.82) is 0 Å². The lowest BCUT2D eigenvalue weighted by atomic mass is 9.85. The van der Waals surface area contributed by atoms with Crippen LogP contribution in [0.15, 0.2) is 6.07 Å². The molecule has 2 heterocycles. The Hall–Kier alpha value is -3.54. The Morgan fingerprint density at radius 2 is 1.50 bits per heavy atom. The molecule has 0 radical (unpaired) electrons. The van der Waals surface area contributed by atoms with Gasteiger partial charge in [-0.3, -0.25) is 14.4 Å². The van der Waals surface area contributed by atoms with Crippen molar-refractivity contribution < 1.29 is 57.1 Å². The van der Waals surface area contributed by atoms with Crippen LogP contribution in [0, 0.1) is 0 Å². The third kappa shape index (κ3) is 4.72. The molecular formula is C22H26O12. The molecule has 5 atom stereocenters. The van der Waals surface area contributed by atoms with Crippen LogP contribution in [-0.2, 0) is 38.1 Å². The highest BCUT2D eigenvalue weighted by Crippen LogP contribution is 2.51. The van der Waals surface area contributed by atoms with Crippen LogP contribution in [0.2, 0.25) is 0 Å². The zero-order valence-corrected chi connectivity index (χ0v) is 19.6. The summed E-state index contributed by atoms with van der Waals surface area (Å²) >= 11 is 0. The third-order valence-corrected chi connectivity index (χ3v) is 5.30. The molecular weight excluding hydrogens is 456 g/mol. The zero-order valence-electron chi connectivity index (χ0n) is 19.6. The molecule has 1 aromatic rings. The van der Waals surface area contributed by atoms with Gasteiger partial charge in [-0.15, -0.1) is 0 Å². The normalized spacial score (nSPS) is 25.1. The van der Waals surface area contributed by atoms with Crippen molar-refractivity contribution in [2.45, 2.75) is 51.3 Å². The molecule has 0 saturated carbocycles. The number of esters is 4. The van der Waals surface area contributed by atoms with Crippen LogP contribution in [-0.4, -0.2) is 76.2 Å². The van der Waals surface area contributed by atoms with Crippen LogP contribution < -0.4 is 14.2 Å². The lowest BCUT2D eigenvalue weighted by Crippen LogP contribution is -2.60. The quantitative estimate of drug-likeness (QED) is 0.406. The molecule has 2 aliphatic heterocycles. The van der Waals surface area contributed by atoms with Crippen molar-refractivity contribution in [2.75, 3.05) is 27.9 Å². The zero-order chi connectivity index (χ0) is 25.2. The van der Waals surface area contributed by atoms with E-state index in [-0.39, 0.29) is 35.0 Å². The number of carbonyl (C=O) groups is 4. The molecule has 1 fully saturated rings. The molecule has 0 spiro atoms. The smallest absolute Gasteiger partial charge is 0.339 e. The predicted molar refractivity (Wildman–Crippen MR) is 111 cm³/mol. The number of hydrogen-bond donors (Lipinski definition) is 0. The summed E-state index contributed by atoms with van der Waals surface area (Å²) in [6.07, 6.45) is -5.84. The first-order chi connectivity index (χ1) is 16.1. The summed E-state index contributed by atoms with van der Waals surface area (Å²) < 4.78 is 43.9. The van der Waals surface area contributed by atoms with Crippen molar-refractivity contribution in [3.05, 3.63) is 17.2 Å². The van der Waals surface area contributed by atoms with Crippen molar-refractivity contribution >= 4 is 23.9 Å². The maximum Gasteiger partial charge on any atom is 0.339 e. The monoisotopic (exact) mass is 482 g/mol. The van der Waals surface area contributed by atoms with Crippen LogP contribution in [0.1, 0.15) is 42.8 Å². The molecule has 1 aromatic carbocycles. The Morgan fingerprint density at radius 3 is 2.03 bits per heavy atom. The fraction of sp³-hybridized carbons (Fsp3) is 0.545.